The fraction of sp³-hybridized carbons (Fsp3) is 0.429. The molecule has 0 fully saturated rings. The highest BCUT2D eigenvalue weighted by Crippen LogP contribution is 2.16. The Morgan fingerprint density at radius 1 is 1.41 bits per heavy atom. The molecular weight excluding hydrogens is 234 g/mol. The maximum absolute atomic E-state index is 5.81. The van der Waals surface area contributed by atoms with Crippen molar-refractivity contribution in [2.45, 2.75) is 25.8 Å². The molecule has 1 aromatic rings. The number of rotatable bonds is 8. The predicted molar refractivity (Wildman–Crippen MR) is 73.8 cm³/mol. The Kier molecular flexibility index (Phi) is 6.75. The van der Waals surface area contributed by atoms with Crippen molar-refractivity contribution in [2.24, 2.45) is 0 Å². The van der Waals surface area contributed by atoms with E-state index in [0.29, 0.717) is 12.6 Å². The van der Waals surface area contributed by atoms with Crippen molar-refractivity contribution >= 4 is 11.6 Å². The maximum Gasteiger partial charge on any atom is 0.119 e. The Morgan fingerprint density at radius 2 is 2.12 bits per heavy atom. The third-order valence-corrected chi connectivity index (χ3v) is 2.73. The van der Waals surface area contributed by atoms with Gasteiger partial charge in [-0.2, -0.15) is 0 Å². The Hall–Kier alpha value is -0.990. The summed E-state index contributed by atoms with van der Waals surface area (Å²) in [6, 6.07) is 7.82. The summed E-state index contributed by atoms with van der Waals surface area (Å²) in [5.74, 6) is 0.857. The highest BCUT2D eigenvalue weighted by molar-refractivity contribution is 6.30. The van der Waals surface area contributed by atoms with Gasteiger partial charge in [0.05, 0.1) is 0 Å². The minimum absolute atomic E-state index is 0.369. The molecule has 0 heterocycles. The van der Waals surface area contributed by atoms with Crippen molar-refractivity contribution in [2.75, 3.05) is 13.2 Å². The quantitative estimate of drug-likeness (QED) is 0.714. The van der Waals surface area contributed by atoms with Crippen LogP contribution in [0.3, 0.4) is 0 Å². The number of nitrogens with one attached hydrogen (secondary N) is 1. The lowest BCUT2D eigenvalue weighted by atomic mass is 10.1. The van der Waals surface area contributed by atoms with E-state index < -0.39 is 0 Å². The molecule has 0 aliphatic heterocycles. The fourth-order valence-corrected chi connectivity index (χ4v) is 1.71. The number of benzene rings is 1. The van der Waals surface area contributed by atoms with Crippen molar-refractivity contribution in [3.05, 3.63) is 41.9 Å². The monoisotopic (exact) mass is 253 g/mol. The second-order valence-corrected chi connectivity index (χ2v) is 4.32. The summed E-state index contributed by atoms with van der Waals surface area (Å²) >= 11 is 5.81. The summed E-state index contributed by atoms with van der Waals surface area (Å²) in [6.07, 6.45) is 3.99. The van der Waals surface area contributed by atoms with Crippen LogP contribution >= 0.6 is 11.6 Å². The van der Waals surface area contributed by atoms with Gasteiger partial charge in [0.15, 0.2) is 0 Å². The van der Waals surface area contributed by atoms with E-state index in [1.54, 1.807) is 0 Å². The molecule has 0 aliphatic carbocycles. The number of likely N-dealkylation sites (N-methyl/N-ethyl adjacent to an activating group) is 1. The van der Waals surface area contributed by atoms with Gasteiger partial charge in [0.1, 0.15) is 12.4 Å². The van der Waals surface area contributed by atoms with E-state index in [1.807, 2.05) is 30.3 Å². The molecule has 2 nitrogen and oxygen atoms in total. The van der Waals surface area contributed by atoms with Gasteiger partial charge in [-0.05, 0) is 43.7 Å². The topological polar surface area (TPSA) is 21.3 Å². The van der Waals surface area contributed by atoms with Gasteiger partial charge in [-0.15, -0.1) is 6.58 Å². The van der Waals surface area contributed by atoms with Crippen LogP contribution in [0, 0.1) is 0 Å². The molecule has 3 heteroatoms. The normalized spacial score (nSPS) is 12.1. The Balaban J connectivity index is 2.39. The molecule has 1 unspecified atom stereocenters. The third kappa shape index (κ3) is 5.76. The van der Waals surface area contributed by atoms with E-state index >= 15 is 0 Å². The second-order valence-electron chi connectivity index (χ2n) is 3.89. The minimum Gasteiger partial charge on any atom is -0.492 e. The molecule has 0 saturated carbocycles. The second kappa shape index (κ2) is 8.15. The van der Waals surface area contributed by atoms with Crippen LogP contribution in [0.5, 0.6) is 5.75 Å². The van der Waals surface area contributed by atoms with Crippen molar-refractivity contribution in [1.29, 1.82) is 0 Å². The van der Waals surface area contributed by atoms with Gasteiger partial charge in [0.25, 0.3) is 0 Å². The van der Waals surface area contributed by atoms with E-state index in [-0.39, 0.29) is 0 Å². The first-order valence-corrected chi connectivity index (χ1v) is 6.36. The third-order valence-electron chi connectivity index (χ3n) is 2.48. The zero-order chi connectivity index (χ0) is 12.5. The molecule has 1 atom stereocenters. The van der Waals surface area contributed by atoms with Crippen LogP contribution in [0.1, 0.15) is 19.8 Å². The van der Waals surface area contributed by atoms with E-state index in [9.17, 15) is 0 Å². The summed E-state index contributed by atoms with van der Waals surface area (Å²) in [4.78, 5) is 0. The molecule has 0 saturated heterocycles. The van der Waals surface area contributed by atoms with Crippen LogP contribution in [0.4, 0.5) is 0 Å². The van der Waals surface area contributed by atoms with Crippen molar-refractivity contribution in [3.63, 3.8) is 0 Å². The van der Waals surface area contributed by atoms with E-state index in [4.69, 9.17) is 16.3 Å². The number of hydrogen-bond acceptors (Lipinski definition) is 2. The van der Waals surface area contributed by atoms with Crippen molar-refractivity contribution in [3.8, 4) is 5.75 Å². The van der Waals surface area contributed by atoms with Crippen LogP contribution < -0.4 is 10.1 Å². The lowest BCUT2D eigenvalue weighted by molar-refractivity contribution is 0.259. The largest absolute Gasteiger partial charge is 0.492 e. The zero-order valence-corrected chi connectivity index (χ0v) is 11.0. The van der Waals surface area contributed by atoms with Gasteiger partial charge >= 0.3 is 0 Å². The number of allylic oxidation sites excluding steroid dienone is 1. The van der Waals surface area contributed by atoms with Crippen molar-refractivity contribution < 1.29 is 4.74 Å². The molecule has 0 amide bonds. The minimum atomic E-state index is 0.369. The Morgan fingerprint density at radius 3 is 2.71 bits per heavy atom. The lowest BCUT2D eigenvalue weighted by Crippen LogP contribution is -2.34. The smallest absolute Gasteiger partial charge is 0.119 e. The summed E-state index contributed by atoms with van der Waals surface area (Å²) in [5, 5.41) is 4.13. The van der Waals surface area contributed by atoms with Crippen LogP contribution in [0.2, 0.25) is 5.02 Å². The average molecular weight is 254 g/mol. The SMILES string of the molecule is C=CCCC(COc1ccc(Cl)cc1)NCC. The van der Waals surface area contributed by atoms with Crippen LogP contribution in [-0.2, 0) is 0 Å². The first-order chi connectivity index (χ1) is 8.26. The maximum atomic E-state index is 5.81. The van der Waals surface area contributed by atoms with Gasteiger partial charge in [-0.1, -0.05) is 24.6 Å². The number of hydrogen-bond donors (Lipinski definition) is 1. The molecule has 0 bridgehead atoms. The first-order valence-electron chi connectivity index (χ1n) is 5.99. The fourth-order valence-electron chi connectivity index (χ4n) is 1.58. The number of ether oxygens (including phenoxy) is 1. The molecule has 1 aromatic carbocycles. The highest BCUT2D eigenvalue weighted by atomic mass is 35.5. The summed E-state index contributed by atoms with van der Waals surface area (Å²) in [7, 11) is 0. The molecule has 0 radical (unpaired) electrons. The standard InChI is InChI=1S/C14H20ClNO/c1-3-5-6-13(16-4-2)11-17-14-9-7-12(15)8-10-14/h3,7-10,13,16H,1,4-6,11H2,2H3. The van der Waals surface area contributed by atoms with Crippen LogP contribution in [0.15, 0.2) is 36.9 Å². The molecule has 0 spiro atoms. The molecule has 94 valence electrons. The van der Waals surface area contributed by atoms with Crippen LogP contribution in [0.25, 0.3) is 0 Å². The van der Waals surface area contributed by atoms with E-state index in [2.05, 4.69) is 18.8 Å². The van der Waals surface area contributed by atoms with Gasteiger partial charge in [-0.25, -0.2) is 0 Å². The Bertz CT molecular complexity index is 323. The summed E-state index contributed by atoms with van der Waals surface area (Å²) in [6.45, 7) is 7.46. The van der Waals surface area contributed by atoms with Gasteiger partial charge < -0.3 is 10.1 Å². The molecule has 0 aliphatic rings. The highest BCUT2D eigenvalue weighted by Gasteiger charge is 2.06. The Labute approximate surface area is 109 Å². The van der Waals surface area contributed by atoms with Gasteiger partial charge in [-0.3, -0.25) is 0 Å². The predicted octanol–water partition coefficient (Wildman–Crippen LogP) is 3.66. The molecular formula is C14H20ClNO. The summed E-state index contributed by atoms with van der Waals surface area (Å²) < 4.78 is 5.72. The van der Waals surface area contributed by atoms with Crippen LogP contribution in [-0.4, -0.2) is 19.2 Å². The lowest BCUT2D eigenvalue weighted by Gasteiger charge is -2.17. The van der Waals surface area contributed by atoms with Gasteiger partial charge in [0, 0.05) is 11.1 Å². The average Bonchev–Trinajstić information content (AvgIpc) is 2.35. The molecule has 1 N–H and O–H groups in total. The van der Waals surface area contributed by atoms with Crippen molar-refractivity contribution in [1.82, 2.24) is 5.32 Å². The van der Waals surface area contributed by atoms with E-state index in [1.165, 1.54) is 0 Å². The van der Waals surface area contributed by atoms with E-state index in [0.717, 1.165) is 30.2 Å². The number of halogens is 1. The molecule has 0 aromatic heterocycles. The first kappa shape index (κ1) is 14.1. The molecule has 17 heavy (non-hydrogen) atoms. The zero-order valence-electron chi connectivity index (χ0n) is 10.3. The van der Waals surface area contributed by atoms with Gasteiger partial charge in [0.2, 0.25) is 0 Å². The molecule has 1 rings (SSSR count). The summed E-state index contributed by atoms with van der Waals surface area (Å²) in [5.41, 5.74) is 0.